The maximum Gasteiger partial charge on any atom is 0.226 e. The normalized spacial score (nSPS) is 10.3. The van der Waals surface area contributed by atoms with E-state index in [0.717, 1.165) is 16.5 Å². The molecule has 102 valence electrons. The molecule has 0 saturated carbocycles. The highest BCUT2D eigenvalue weighted by molar-refractivity contribution is 5.85. The van der Waals surface area contributed by atoms with Crippen LogP contribution in [0.3, 0.4) is 0 Å². The summed E-state index contributed by atoms with van der Waals surface area (Å²) in [6.45, 7) is 2.00. The van der Waals surface area contributed by atoms with E-state index in [0.29, 0.717) is 11.7 Å². The van der Waals surface area contributed by atoms with Crippen LogP contribution >= 0.6 is 0 Å². The molecule has 0 aliphatic carbocycles. The Morgan fingerprint density at radius 2 is 1.81 bits per heavy atom. The van der Waals surface area contributed by atoms with Gasteiger partial charge in [0.25, 0.3) is 0 Å². The van der Waals surface area contributed by atoms with Gasteiger partial charge in [0.05, 0.1) is 10.9 Å². The number of rotatable bonds is 3. The molecule has 0 unspecified atom stereocenters. The van der Waals surface area contributed by atoms with Crippen LogP contribution < -0.4 is 4.74 Å². The summed E-state index contributed by atoms with van der Waals surface area (Å²) in [4.78, 5) is 9.02. The standard InChI is InChI=1S/C17H13N3O/c1-12-6-8-13(9-7-12)16-19-15-5-3-2-4-14(15)17(20-16)21-11-10-18/h2-9H,11H2,1H3. The zero-order chi connectivity index (χ0) is 14.7. The van der Waals surface area contributed by atoms with Crippen molar-refractivity contribution in [2.45, 2.75) is 6.92 Å². The van der Waals surface area contributed by atoms with Crippen LogP contribution in [0, 0.1) is 18.3 Å². The highest BCUT2D eigenvalue weighted by atomic mass is 16.5. The third kappa shape index (κ3) is 2.67. The van der Waals surface area contributed by atoms with Crippen LogP contribution in [0.1, 0.15) is 5.56 Å². The lowest BCUT2D eigenvalue weighted by Crippen LogP contribution is -2.00. The van der Waals surface area contributed by atoms with Gasteiger partial charge in [-0.25, -0.2) is 4.98 Å². The van der Waals surface area contributed by atoms with E-state index in [1.807, 2.05) is 61.5 Å². The van der Waals surface area contributed by atoms with E-state index in [-0.39, 0.29) is 6.61 Å². The molecule has 3 aromatic rings. The minimum absolute atomic E-state index is 0.0334. The van der Waals surface area contributed by atoms with E-state index >= 15 is 0 Å². The molecule has 4 nitrogen and oxygen atoms in total. The molecule has 0 aliphatic heterocycles. The summed E-state index contributed by atoms with van der Waals surface area (Å²) in [7, 11) is 0. The van der Waals surface area contributed by atoms with Crippen molar-refractivity contribution in [2.24, 2.45) is 0 Å². The third-order valence-electron chi connectivity index (χ3n) is 3.15. The summed E-state index contributed by atoms with van der Waals surface area (Å²) >= 11 is 0. The maximum absolute atomic E-state index is 8.70. The first-order valence-corrected chi connectivity index (χ1v) is 6.61. The molecule has 1 heterocycles. The van der Waals surface area contributed by atoms with Gasteiger partial charge >= 0.3 is 0 Å². The Morgan fingerprint density at radius 1 is 1.05 bits per heavy atom. The Morgan fingerprint density at radius 3 is 2.57 bits per heavy atom. The van der Waals surface area contributed by atoms with Gasteiger partial charge in [-0.3, -0.25) is 0 Å². The van der Waals surface area contributed by atoms with E-state index in [9.17, 15) is 0 Å². The molecular formula is C17H13N3O. The van der Waals surface area contributed by atoms with Crippen molar-refractivity contribution in [3.8, 4) is 23.3 Å². The van der Waals surface area contributed by atoms with Crippen molar-refractivity contribution < 1.29 is 4.74 Å². The van der Waals surface area contributed by atoms with Crippen molar-refractivity contribution in [1.29, 1.82) is 5.26 Å². The van der Waals surface area contributed by atoms with E-state index in [2.05, 4.69) is 9.97 Å². The van der Waals surface area contributed by atoms with Gasteiger partial charge in [0.1, 0.15) is 6.07 Å². The third-order valence-corrected chi connectivity index (χ3v) is 3.15. The lowest BCUT2D eigenvalue weighted by molar-refractivity contribution is 0.358. The second-order valence-corrected chi connectivity index (χ2v) is 4.68. The number of fused-ring (bicyclic) bond motifs is 1. The molecule has 4 heteroatoms. The first-order chi connectivity index (χ1) is 10.3. The van der Waals surface area contributed by atoms with Crippen molar-refractivity contribution >= 4 is 10.9 Å². The van der Waals surface area contributed by atoms with Gasteiger partial charge in [0, 0.05) is 5.56 Å². The number of benzene rings is 2. The van der Waals surface area contributed by atoms with Gasteiger partial charge in [0.2, 0.25) is 5.88 Å². The number of aromatic nitrogens is 2. The lowest BCUT2D eigenvalue weighted by Gasteiger charge is -2.08. The van der Waals surface area contributed by atoms with E-state index in [1.54, 1.807) is 0 Å². The first kappa shape index (κ1) is 13.1. The maximum atomic E-state index is 8.70. The van der Waals surface area contributed by atoms with E-state index < -0.39 is 0 Å². The second-order valence-electron chi connectivity index (χ2n) is 4.68. The topological polar surface area (TPSA) is 58.8 Å². The molecule has 0 fully saturated rings. The number of para-hydroxylation sites is 1. The van der Waals surface area contributed by atoms with E-state index in [4.69, 9.17) is 10.00 Å². The largest absolute Gasteiger partial charge is 0.462 e. The Hall–Kier alpha value is -2.93. The smallest absolute Gasteiger partial charge is 0.226 e. The number of aryl methyl sites for hydroxylation is 1. The van der Waals surface area contributed by atoms with Crippen LogP contribution in [0.25, 0.3) is 22.3 Å². The molecule has 0 amide bonds. The fourth-order valence-corrected chi connectivity index (χ4v) is 2.09. The molecular weight excluding hydrogens is 262 g/mol. The summed E-state index contributed by atoms with van der Waals surface area (Å²) in [5.74, 6) is 1.04. The van der Waals surface area contributed by atoms with Gasteiger partial charge < -0.3 is 4.74 Å². The van der Waals surface area contributed by atoms with Gasteiger partial charge in [-0.2, -0.15) is 10.2 Å². The second kappa shape index (κ2) is 5.59. The predicted octanol–water partition coefficient (Wildman–Crippen LogP) is 3.51. The summed E-state index contributed by atoms with van der Waals surface area (Å²) in [6, 6.07) is 17.6. The molecule has 0 atom stereocenters. The van der Waals surface area contributed by atoms with Gasteiger partial charge in [0.15, 0.2) is 12.4 Å². The predicted molar refractivity (Wildman–Crippen MR) is 80.8 cm³/mol. The number of ether oxygens (including phenoxy) is 1. The highest BCUT2D eigenvalue weighted by Gasteiger charge is 2.10. The van der Waals surface area contributed by atoms with Crippen LogP contribution in [0.15, 0.2) is 48.5 Å². The number of hydrogen-bond acceptors (Lipinski definition) is 4. The monoisotopic (exact) mass is 275 g/mol. The first-order valence-electron chi connectivity index (χ1n) is 6.61. The Bertz CT molecular complexity index is 820. The van der Waals surface area contributed by atoms with E-state index in [1.165, 1.54) is 5.56 Å². The molecule has 0 radical (unpaired) electrons. The zero-order valence-corrected chi connectivity index (χ0v) is 11.6. The highest BCUT2D eigenvalue weighted by Crippen LogP contribution is 2.26. The Labute approximate surface area is 122 Å². The molecule has 0 bridgehead atoms. The Balaban J connectivity index is 2.15. The minimum Gasteiger partial charge on any atom is -0.462 e. The molecule has 1 aromatic heterocycles. The van der Waals surface area contributed by atoms with Crippen molar-refractivity contribution in [1.82, 2.24) is 9.97 Å². The molecule has 0 saturated heterocycles. The SMILES string of the molecule is Cc1ccc(-c2nc(OCC#N)c3ccccc3n2)cc1. The molecule has 0 N–H and O–H groups in total. The Kier molecular flexibility index (Phi) is 3.48. The lowest BCUT2D eigenvalue weighted by atomic mass is 10.1. The van der Waals surface area contributed by atoms with Crippen LogP contribution in [0.2, 0.25) is 0 Å². The van der Waals surface area contributed by atoms with Gasteiger partial charge in [-0.15, -0.1) is 0 Å². The molecule has 0 aliphatic rings. The molecule has 0 spiro atoms. The van der Waals surface area contributed by atoms with Gasteiger partial charge in [-0.05, 0) is 19.1 Å². The average molecular weight is 275 g/mol. The minimum atomic E-state index is -0.0334. The summed E-state index contributed by atoms with van der Waals surface area (Å²) < 4.78 is 5.44. The van der Waals surface area contributed by atoms with Crippen molar-refractivity contribution in [2.75, 3.05) is 6.61 Å². The fraction of sp³-hybridized carbons (Fsp3) is 0.118. The van der Waals surface area contributed by atoms with Crippen LogP contribution in [-0.2, 0) is 0 Å². The number of nitriles is 1. The molecule has 3 rings (SSSR count). The molecule has 2 aromatic carbocycles. The van der Waals surface area contributed by atoms with Crippen molar-refractivity contribution in [3.63, 3.8) is 0 Å². The van der Waals surface area contributed by atoms with Crippen LogP contribution in [0.4, 0.5) is 0 Å². The number of nitrogens with zero attached hydrogens (tertiary/aromatic N) is 3. The van der Waals surface area contributed by atoms with Crippen LogP contribution in [-0.4, -0.2) is 16.6 Å². The summed E-state index contributed by atoms with van der Waals surface area (Å²) in [5, 5.41) is 9.51. The number of hydrogen-bond donors (Lipinski definition) is 0. The quantitative estimate of drug-likeness (QED) is 0.734. The fourth-order valence-electron chi connectivity index (χ4n) is 2.09. The molecule has 21 heavy (non-hydrogen) atoms. The van der Waals surface area contributed by atoms with Gasteiger partial charge in [-0.1, -0.05) is 42.0 Å². The average Bonchev–Trinajstić information content (AvgIpc) is 2.53. The zero-order valence-electron chi connectivity index (χ0n) is 11.6. The summed E-state index contributed by atoms with van der Waals surface area (Å²) in [6.07, 6.45) is 0. The van der Waals surface area contributed by atoms with Crippen LogP contribution in [0.5, 0.6) is 5.88 Å². The summed E-state index contributed by atoms with van der Waals surface area (Å²) in [5.41, 5.74) is 2.91. The van der Waals surface area contributed by atoms with Crippen molar-refractivity contribution in [3.05, 3.63) is 54.1 Å².